The number of morpholine rings is 1. The molecule has 0 saturated carbocycles. The second-order valence-corrected chi connectivity index (χ2v) is 5.11. The van der Waals surface area contributed by atoms with E-state index in [1.54, 1.807) is 18.5 Å². The molecule has 2 aromatic heterocycles. The Balaban J connectivity index is 1.90. The van der Waals surface area contributed by atoms with Crippen LogP contribution in [0.3, 0.4) is 0 Å². The lowest BCUT2D eigenvalue weighted by molar-refractivity contribution is 0.122. The van der Waals surface area contributed by atoms with E-state index >= 15 is 0 Å². The van der Waals surface area contributed by atoms with Gasteiger partial charge in [-0.2, -0.15) is 4.98 Å². The molecule has 0 amide bonds. The summed E-state index contributed by atoms with van der Waals surface area (Å²) in [6.45, 7) is 3.03. The summed E-state index contributed by atoms with van der Waals surface area (Å²) < 4.78 is 5.36. The first-order valence-corrected chi connectivity index (χ1v) is 7.13. The van der Waals surface area contributed by atoms with Crippen LogP contribution in [0.1, 0.15) is 0 Å². The Morgan fingerprint density at radius 2 is 2.10 bits per heavy atom. The van der Waals surface area contributed by atoms with Gasteiger partial charge in [0, 0.05) is 32.4 Å². The van der Waals surface area contributed by atoms with Crippen LogP contribution in [0.5, 0.6) is 0 Å². The van der Waals surface area contributed by atoms with Gasteiger partial charge in [-0.1, -0.05) is 11.6 Å². The third kappa shape index (κ3) is 3.22. The Labute approximate surface area is 128 Å². The normalized spacial score (nSPS) is 15.0. The van der Waals surface area contributed by atoms with E-state index in [2.05, 4.69) is 19.9 Å². The number of hydrogen-bond acceptors (Lipinski definition) is 6. The Morgan fingerprint density at radius 3 is 2.81 bits per heavy atom. The van der Waals surface area contributed by atoms with Crippen LogP contribution in [-0.2, 0) is 4.74 Å². The molecule has 0 unspecified atom stereocenters. The minimum atomic E-state index is 0.428. The van der Waals surface area contributed by atoms with Gasteiger partial charge in [0.1, 0.15) is 11.0 Å². The topological polar surface area (TPSA) is 54.4 Å². The van der Waals surface area contributed by atoms with Crippen molar-refractivity contribution in [2.24, 2.45) is 0 Å². The van der Waals surface area contributed by atoms with Crippen LogP contribution in [0.4, 0.5) is 17.5 Å². The molecule has 1 aliphatic heterocycles. The standard InChI is InChI=1S/C14H16ClN5O/c1-19(11-3-2-4-16-10-11)14-17-12(15)9-13(18-14)20-5-7-21-8-6-20/h2-4,9-10H,5-8H2,1H3. The molecule has 110 valence electrons. The van der Waals surface area contributed by atoms with Crippen molar-refractivity contribution < 1.29 is 4.74 Å². The lowest BCUT2D eigenvalue weighted by atomic mass is 10.4. The highest BCUT2D eigenvalue weighted by atomic mass is 35.5. The molecule has 0 spiro atoms. The number of nitrogens with zero attached hydrogens (tertiary/aromatic N) is 5. The number of hydrogen-bond donors (Lipinski definition) is 0. The summed E-state index contributed by atoms with van der Waals surface area (Å²) in [5.41, 5.74) is 0.910. The van der Waals surface area contributed by atoms with E-state index in [4.69, 9.17) is 16.3 Å². The summed E-state index contributed by atoms with van der Waals surface area (Å²) in [7, 11) is 1.89. The summed E-state index contributed by atoms with van der Waals surface area (Å²) in [6.07, 6.45) is 3.49. The highest BCUT2D eigenvalue weighted by Gasteiger charge is 2.16. The first-order valence-electron chi connectivity index (χ1n) is 6.75. The number of anilines is 3. The summed E-state index contributed by atoms with van der Waals surface area (Å²) >= 11 is 6.15. The fourth-order valence-corrected chi connectivity index (χ4v) is 2.34. The van der Waals surface area contributed by atoms with Crippen LogP contribution in [0.2, 0.25) is 5.15 Å². The van der Waals surface area contributed by atoms with Gasteiger partial charge in [0.2, 0.25) is 5.95 Å². The molecule has 3 heterocycles. The summed E-state index contributed by atoms with van der Waals surface area (Å²) in [4.78, 5) is 17.0. The molecular formula is C14H16ClN5O. The van der Waals surface area contributed by atoms with Crippen LogP contribution in [0.15, 0.2) is 30.6 Å². The largest absolute Gasteiger partial charge is 0.378 e. The van der Waals surface area contributed by atoms with Crippen molar-refractivity contribution in [1.82, 2.24) is 15.0 Å². The lowest BCUT2D eigenvalue weighted by Gasteiger charge is -2.28. The monoisotopic (exact) mass is 305 g/mol. The summed E-state index contributed by atoms with van der Waals surface area (Å²) in [6, 6.07) is 5.61. The van der Waals surface area contributed by atoms with Gasteiger partial charge in [-0.15, -0.1) is 0 Å². The number of pyridine rings is 1. The quantitative estimate of drug-likeness (QED) is 0.810. The van der Waals surface area contributed by atoms with Crippen LogP contribution in [0, 0.1) is 0 Å². The fraction of sp³-hybridized carbons (Fsp3) is 0.357. The smallest absolute Gasteiger partial charge is 0.233 e. The second kappa shape index (κ2) is 6.24. The molecule has 0 aliphatic carbocycles. The SMILES string of the molecule is CN(c1cccnc1)c1nc(Cl)cc(N2CCOCC2)n1. The molecule has 1 aliphatic rings. The third-order valence-electron chi connectivity index (χ3n) is 3.34. The molecule has 0 atom stereocenters. The molecule has 0 N–H and O–H groups in total. The second-order valence-electron chi connectivity index (χ2n) is 4.72. The molecular weight excluding hydrogens is 290 g/mol. The molecule has 2 aromatic rings. The zero-order chi connectivity index (χ0) is 14.7. The number of aromatic nitrogens is 3. The van der Waals surface area contributed by atoms with Gasteiger partial charge in [-0.05, 0) is 12.1 Å². The van der Waals surface area contributed by atoms with Crippen molar-refractivity contribution in [3.8, 4) is 0 Å². The first kappa shape index (κ1) is 14.0. The van der Waals surface area contributed by atoms with Crippen molar-refractivity contribution in [1.29, 1.82) is 0 Å². The average molecular weight is 306 g/mol. The predicted molar refractivity (Wildman–Crippen MR) is 82.4 cm³/mol. The zero-order valence-electron chi connectivity index (χ0n) is 11.7. The van der Waals surface area contributed by atoms with E-state index in [9.17, 15) is 0 Å². The molecule has 0 bridgehead atoms. The van der Waals surface area contributed by atoms with Crippen LogP contribution < -0.4 is 9.80 Å². The van der Waals surface area contributed by atoms with Gasteiger partial charge < -0.3 is 14.5 Å². The minimum absolute atomic E-state index is 0.428. The minimum Gasteiger partial charge on any atom is -0.378 e. The van der Waals surface area contributed by atoms with Gasteiger partial charge in [0.05, 0.1) is 25.1 Å². The van der Waals surface area contributed by atoms with E-state index in [-0.39, 0.29) is 0 Å². The number of rotatable bonds is 3. The van der Waals surface area contributed by atoms with Crippen LogP contribution in [0.25, 0.3) is 0 Å². The highest BCUT2D eigenvalue weighted by molar-refractivity contribution is 6.29. The van der Waals surface area contributed by atoms with Gasteiger partial charge in [0.25, 0.3) is 0 Å². The zero-order valence-corrected chi connectivity index (χ0v) is 12.5. The van der Waals surface area contributed by atoms with Crippen molar-refractivity contribution in [3.63, 3.8) is 0 Å². The Kier molecular flexibility index (Phi) is 4.17. The van der Waals surface area contributed by atoms with Gasteiger partial charge in [-0.3, -0.25) is 4.98 Å². The van der Waals surface area contributed by atoms with Crippen molar-refractivity contribution in [2.45, 2.75) is 0 Å². The number of halogens is 1. The van der Waals surface area contributed by atoms with E-state index in [1.165, 1.54) is 0 Å². The van der Waals surface area contributed by atoms with E-state index in [0.29, 0.717) is 24.3 Å². The molecule has 21 heavy (non-hydrogen) atoms. The van der Waals surface area contributed by atoms with Gasteiger partial charge >= 0.3 is 0 Å². The van der Waals surface area contributed by atoms with Crippen molar-refractivity contribution >= 4 is 29.1 Å². The Hall–Kier alpha value is -1.92. The summed E-state index contributed by atoms with van der Waals surface area (Å²) in [5, 5.41) is 0.428. The molecule has 1 fully saturated rings. The molecule has 0 aromatic carbocycles. The van der Waals surface area contributed by atoms with E-state index in [1.807, 2.05) is 24.1 Å². The van der Waals surface area contributed by atoms with Gasteiger partial charge in [0.15, 0.2) is 0 Å². The Morgan fingerprint density at radius 1 is 1.29 bits per heavy atom. The predicted octanol–water partition coefficient (Wildman–Crippen LogP) is 2.13. The molecule has 0 radical (unpaired) electrons. The molecule has 6 nitrogen and oxygen atoms in total. The average Bonchev–Trinajstić information content (AvgIpc) is 2.55. The number of ether oxygens (including phenoxy) is 1. The molecule has 7 heteroatoms. The molecule has 1 saturated heterocycles. The lowest BCUT2D eigenvalue weighted by Crippen LogP contribution is -2.37. The van der Waals surface area contributed by atoms with Crippen LogP contribution in [-0.4, -0.2) is 48.3 Å². The maximum absolute atomic E-state index is 6.15. The maximum Gasteiger partial charge on any atom is 0.233 e. The van der Waals surface area contributed by atoms with Crippen molar-refractivity contribution in [3.05, 3.63) is 35.7 Å². The van der Waals surface area contributed by atoms with E-state index < -0.39 is 0 Å². The third-order valence-corrected chi connectivity index (χ3v) is 3.53. The first-order chi connectivity index (χ1) is 10.2. The maximum atomic E-state index is 6.15. The highest BCUT2D eigenvalue weighted by Crippen LogP contribution is 2.24. The van der Waals surface area contributed by atoms with Crippen molar-refractivity contribution in [2.75, 3.05) is 43.2 Å². The Bertz CT molecular complexity index is 604. The van der Waals surface area contributed by atoms with E-state index in [0.717, 1.165) is 24.6 Å². The summed E-state index contributed by atoms with van der Waals surface area (Å²) in [5.74, 6) is 1.38. The van der Waals surface area contributed by atoms with Crippen LogP contribution >= 0.6 is 11.6 Å². The van der Waals surface area contributed by atoms with Gasteiger partial charge in [-0.25, -0.2) is 4.98 Å². The molecule has 3 rings (SSSR count). The fourth-order valence-electron chi connectivity index (χ4n) is 2.17.